The van der Waals surface area contributed by atoms with Crippen LogP contribution in [0.4, 0.5) is 4.39 Å². The molecule has 106 valence electrons. The molecule has 0 radical (unpaired) electrons. The largest absolute Gasteiger partial charge is 0.494 e. The van der Waals surface area contributed by atoms with E-state index < -0.39 is 5.82 Å². The third kappa shape index (κ3) is 3.92. The van der Waals surface area contributed by atoms with Gasteiger partial charge >= 0.3 is 0 Å². The Morgan fingerprint density at radius 3 is 2.58 bits per heavy atom. The summed E-state index contributed by atoms with van der Waals surface area (Å²) in [6, 6.07) is 3.85. The van der Waals surface area contributed by atoms with Gasteiger partial charge in [-0.1, -0.05) is 20.8 Å². The molecule has 0 aliphatic rings. The minimum absolute atomic E-state index is 0.0488. The van der Waals surface area contributed by atoms with Crippen LogP contribution in [0.5, 0.6) is 5.75 Å². The van der Waals surface area contributed by atoms with Crippen molar-refractivity contribution in [3.8, 4) is 5.75 Å². The maximum absolute atomic E-state index is 13.3. The van der Waals surface area contributed by atoms with Crippen LogP contribution in [0, 0.1) is 11.2 Å². The Hall–Kier alpha value is -1.62. The molecule has 4 nitrogen and oxygen atoms in total. The Bertz CT molecular complexity index is 455. The molecule has 1 atom stereocenters. The first-order chi connectivity index (χ1) is 8.79. The highest BCUT2D eigenvalue weighted by Gasteiger charge is 2.25. The summed E-state index contributed by atoms with van der Waals surface area (Å²) in [6.07, 6.45) is 0. The van der Waals surface area contributed by atoms with E-state index in [0.29, 0.717) is 12.1 Å². The fraction of sp³-hybridized carbons (Fsp3) is 0.500. The average molecular weight is 268 g/mol. The lowest BCUT2D eigenvalue weighted by Gasteiger charge is -2.30. The summed E-state index contributed by atoms with van der Waals surface area (Å²) in [5, 5.41) is 2.85. The summed E-state index contributed by atoms with van der Waals surface area (Å²) in [5.74, 6) is -0.735. The van der Waals surface area contributed by atoms with E-state index >= 15 is 0 Å². The summed E-state index contributed by atoms with van der Waals surface area (Å²) in [7, 11) is 1.36. The minimum atomic E-state index is -0.495. The van der Waals surface area contributed by atoms with Crippen LogP contribution in [-0.2, 0) is 0 Å². The van der Waals surface area contributed by atoms with E-state index in [-0.39, 0.29) is 23.1 Å². The molecule has 0 fully saturated rings. The van der Waals surface area contributed by atoms with Crippen molar-refractivity contribution < 1.29 is 13.9 Å². The normalized spacial score (nSPS) is 12.9. The number of nitrogens with one attached hydrogen (secondary N) is 1. The van der Waals surface area contributed by atoms with Gasteiger partial charge in [-0.25, -0.2) is 4.39 Å². The lowest BCUT2D eigenvalue weighted by molar-refractivity contribution is 0.0905. The number of hydrogen-bond acceptors (Lipinski definition) is 3. The standard InChI is InChI=1S/C14H21FN2O2/c1-14(2,3)12(8-16)17-13(18)9-5-6-10(15)11(7-9)19-4/h5-7,12H,8,16H2,1-4H3,(H,17,18). The van der Waals surface area contributed by atoms with Gasteiger partial charge in [-0.2, -0.15) is 0 Å². The van der Waals surface area contributed by atoms with Gasteiger partial charge < -0.3 is 15.8 Å². The fourth-order valence-electron chi connectivity index (χ4n) is 1.67. The summed E-state index contributed by atoms with van der Waals surface area (Å²) < 4.78 is 18.1. The SMILES string of the molecule is COc1cc(C(=O)NC(CN)C(C)(C)C)ccc1F. The molecule has 0 saturated carbocycles. The smallest absolute Gasteiger partial charge is 0.251 e. The average Bonchev–Trinajstić information content (AvgIpc) is 2.34. The Kier molecular flexibility index (Phi) is 4.89. The highest BCUT2D eigenvalue weighted by molar-refractivity contribution is 5.94. The molecule has 0 aliphatic heterocycles. The van der Waals surface area contributed by atoms with Crippen LogP contribution in [0.3, 0.4) is 0 Å². The van der Waals surface area contributed by atoms with Crippen LogP contribution >= 0.6 is 0 Å². The van der Waals surface area contributed by atoms with E-state index in [1.165, 1.54) is 25.3 Å². The van der Waals surface area contributed by atoms with Crippen molar-refractivity contribution in [2.45, 2.75) is 26.8 Å². The van der Waals surface area contributed by atoms with Crippen molar-refractivity contribution in [2.75, 3.05) is 13.7 Å². The Balaban J connectivity index is 2.89. The highest BCUT2D eigenvalue weighted by atomic mass is 19.1. The third-order valence-corrected chi connectivity index (χ3v) is 3.00. The Morgan fingerprint density at radius 2 is 2.11 bits per heavy atom. The van der Waals surface area contributed by atoms with E-state index in [1.807, 2.05) is 20.8 Å². The molecule has 0 bridgehead atoms. The molecule has 19 heavy (non-hydrogen) atoms. The monoisotopic (exact) mass is 268 g/mol. The van der Waals surface area contributed by atoms with Gasteiger partial charge in [-0.3, -0.25) is 4.79 Å². The van der Waals surface area contributed by atoms with E-state index in [1.54, 1.807) is 0 Å². The van der Waals surface area contributed by atoms with Crippen molar-refractivity contribution in [3.63, 3.8) is 0 Å². The molecule has 3 N–H and O–H groups in total. The summed E-state index contributed by atoms with van der Waals surface area (Å²) in [4.78, 5) is 12.1. The van der Waals surface area contributed by atoms with E-state index in [9.17, 15) is 9.18 Å². The van der Waals surface area contributed by atoms with Gasteiger partial charge in [-0.05, 0) is 23.6 Å². The van der Waals surface area contributed by atoms with Crippen molar-refractivity contribution in [3.05, 3.63) is 29.6 Å². The predicted molar refractivity (Wildman–Crippen MR) is 72.7 cm³/mol. The fourth-order valence-corrected chi connectivity index (χ4v) is 1.67. The van der Waals surface area contributed by atoms with Gasteiger partial charge in [0.1, 0.15) is 0 Å². The molecule has 1 rings (SSSR count). The first-order valence-corrected chi connectivity index (χ1v) is 6.14. The predicted octanol–water partition coefficient (Wildman–Crippen LogP) is 1.94. The molecule has 0 spiro atoms. The van der Waals surface area contributed by atoms with Gasteiger partial charge in [-0.15, -0.1) is 0 Å². The molecule has 0 aromatic heterocycles. The van der Waals surface area contributed by atoms with Crippen molar-refractivity contribution in [1.82, 2.24) is 5.32 Å². The van der Waals surface area contributed by atoms with Gasteiger partial charge in [0, 0.05) is 18.2 Å². The molecule has 0 saturated heterocycles. The molecule has 1 aromatic carbocycles. The molecular formula is C14H21FN2O2. The van der Waals surface area contributed by atoms with E-state index in [4.69, 9.17) is 10.5 Å². The second kappa shape index (κ2) is 6.02. The Morgan fingerprint density at radius 1 is 1.47 bits per heavy atom. The van der Waals surface area contributed by atoms with Crippen LogP contribution in [-0.4, -0.2) is 25.6 Å². The molecular weight excluding hydrogens is 247 g/mol. The quantitative estimate of drug-likeness (QED) is 0.877. The van der Waals surface area contributed by atoms with E-state index in [0.717, 1.165) is 0 Å². The number of nitrogens with two attached hydrogens (primary N) is 1. The molecule has 1 unspecified atom stereocenters. The minimum Gasteiger partial charge on any atom is -0.494 e. The zero-order valence-electron chi connectivity index (χ0n) is 11.8. The van der Waals surface area contributed by atoms with Crippen LogP contribution in [0.1, 0.15) is 31.1 Å². The first kappa shape index (κ1) is 15.4. The second-order valence-electron chi connectivity index (χ2n) is 5.48. The maximum Gasteiger partial charge on any atom is 0.251 e. The third-order valence-electron chi connectivity index (χ3n) is 3.00. The van der Waals surface area contributed by atoms with Gasteiger partial charge in [0.2, 0.25) is 0 Å². The Labute approximate surface area is 113 Å². The summed E-state index contributed by atoms with van der Waals surface area (Å²) in [6.45, 7) is 6.33. The van der Waals surface area contributed by atoms with Crippen molar-refractivity contribution >= 4 is 5.91 Å². The van der Waals surface area contributed by atoms with Gasteiger partial charge in [0.05, 0.1) is 7.11 Å². The summed E-state index contributed by atoms with van der Waals surface area (Å²) in [5.41, 5.74) is 5.87. The summed E-state index contributed by atoms with van der Waals surface area (Å²) >= 11 is 0. The van der Waals surface area contributed by atoms with Gasteiger partial charge in [0.25, 0.3) is 5.91 Å². The highest BCUT2D eigenvalue weighted by Crippen LogP contribution is 2.21. The number of rotatable bonds is 4. The second-order valence-corrected chi connectivity index (χ2v) is 5.48. The van der Waals surface area contributed by atoms with Crippen LogP contribution in [0.15, 0.2) is 18.2 Å². The zero-order chi connectivity index (χ0) is 14.6. The number of halogens is 1. The number of amides is 1. The maximum atomic E-state index is 13.3. The van der Waals surface area contributed by atoms with Crippen molar-refractivity contribution in [2.24, 2.45) is 11.1 Å². The van der Waals surface area contributed by atoms with Crippen LogP contribution < -0.4 is 15.8 Å². The molecule has 5 heteroatoms. The van der Waals surface area contributed by atoms with Crippen molar-refractivity contribution in [1.29, 1.82) is 0 Å². The lowest BCUT2D eigenvalue weighted by Crippen LogP contribution is -2.48. The van der Waals surface area contributed by atoms with Crippen LogP contribution in [0.25, 0.3) is 0 Å². The molecule has 1 amide bonds. The number of ether oxygens (including phenoxy) is 1. The zero-order valence-corrected chi connectivity index (χ0v) is 11.8. The van der Waals surface area contributed by atoms with Gasteiger partial charge in [0.15, 0.2) is 11.6 Å². The lowest BCUT2D eigenvalue weighted by atomic mass is 9.86. The first-order valence-electron chi connectivity index (χ1n) is 6.14. The number of carbonyl (C=O) groups excluding carboxylic acids is 1. The number of methoxy groups -OCH3 is 1. The molecule has 0 aliphatic carbocycles. The molecule has 1 aromatic rings. The number of benzene rings is 1. The van der Waals surface area contributed by atoms with E-state index in [2.05, 4.69) is 5.32 Å². The number of hydrogen-bond donors (Lipinski definition) is 2. The molecule has 0 heterocycles. The van der Waals surface area contributed by atoms with Crippen LogP contribution in [0.2, 0.25) is 0 Å². The number of carbonyl (C=O) groups is 1. The topological polar surface area (TPSA) is 64.3 Å².